The number of nitrogens with one attached hydrogen (secondary N) is 1. The fourth-order valence-corrected chi connectivity index (χ4v) is 3.36. The van der Waals surface area contributed by atoms with E-state index in [-0.39, 0.29) is 17.9 Å². The minimum absolute atomic E-state index is 0.0704. The molecule has 0 radical (unpaired) electrons. The molecular weight excluding hydrogens is 360 g/mol. The normalized spacial score (nSPS) is 17.5. The van der Waals surface area contributed by atoms with E-state index in [2.05, 4.69) is 15.5 Å². The Morgan fingerprint density at radius 3 is 2.89 bits per heavy atom. The summed E-state index contributed by atoms with van der Waals surface area (Å²) < 4.78 is 10.3. The first-order valence-electron chi connectivity index (χ1n) is 9.43. The van der Waals surface area contributed by atoms with Gasteiger partial charge in [-0.25, -0.2) is 4.98 Å². The molecular formula is C20H26N4O4. The van der Waals surface area contributed by atoms with Crippen molar-refractivity contribution >= 4 is 11.8 Å². The molecule has 0 aromatic carbocycles. The number of hydrogen-bond acceptors (Lipinski definition) is 6. The van der Waals surface area contributed by atoms with E-state index >= 15 is 0 Å². The fourth-order valence-electron chi connectivity index (χ4n) is 3.36. The van der Waals surface area contributed by atoms with Gasteiger partial charge in [-0.15, -0.1) is 0 Å². The summed E-state index contributed by atoms with van der Waals surface area (Å²) >= 11 is 0. The average molecular weight is 386 g/mol. The highest BCUT2D eigenvalue weighted by Gasteiger charge is 2.25. The van der Waals surface area contributed by atoms with E-state index in [1.807, 2.05) is 24.8 Å². The first-order valence-corrected chi connectivity index (χ1v) is 9.43. The van der Waals surface area contributed by atoms with Gasteiger partial charge in [0.2, 0.25) is 5.91 Å². The molecule has 1 aliphatic heterocycles. The van der Waals surface area contributed by atoms with Crippen molar-refractivity contribution in [1.29, 1.82) is 0 Å². The number of hydrogen-bond donors (Lipinski definition) is 1. The van der Waals surface area contributed by atoms with Gasteiger partial charge in [-0.2, -0.15) is 0 Å². The van der Waals surface area contributed by atoms with Crippen molar-refractivity contribution in [2.45, 2.75) is 52.3 Å². The number of aromatic nitrogens is 2. The lowest BCUT2D eigenvalue weighted by atomic mass is 10.1. The molecule has 2 aromatic heterocycles. The summed E-state index contributed by atoms with van der Waals surface area (Å²) in [5.74, 6) is 0.591. The van der Waals surface area contributed by atoms with Gasteiger partial charge in [0, 0.05) is 31.7 Å². The standard InChI is InChI=1S/C20H26N4O4/c1-13-17(14(2)28-23-13)11-24-10-9-15(7-8-19(24)25)22-20(26)18-6-4-5-16(21-18)12-27-3/h4-6,15H,7-12H2,1-3H3,(H,22,26). The maximum absolute atomic E-state index is 12.6. The Hall–Kier alpha value is -2.74. The molecule has 1 N–H and O–H groups in total. The van der Waals surface area contributed by atoms with Crippen LogP contribution in [0.25, 0.3) is 0 Å². The summed E-state index contributed by atoms with van der Waals surface area (Å²) in [5.41, 5.74) is 2.82. The zero-order valence-electron chi connectivity index (χ0n) is 16.5. The van der Waals surface area contributed by atoms with Gasteiger partial charge in [0.1, 0.15) is 11.5 Å². The minimum atomic E-state index is -0.227. The van der Waals surface area contributed by atoms with Crippen molar-refractivity contribution in [3.8, 4) is 0 Å². The van der Waals surface area contributed by atoms with Crippen molar-refractivity contribution in [1.82, 2.24) is 20.4 Å². The second-order valence-corrected chi connectivity index (χ2v) is 7.06. The first-order chi connectivity index (χ1) is 13.5. The van der Waals surface area contributed by atoms with Crippen molar-refractivity contribution in [2.24, 2.45) is 0 Å². The number of rotatable bonds is 6. The third kappa shape index (κ3) is 4.75. The number of ether oxygens (including phenoxy) is 1. The number of carbonyl (C=O) groups excluding carboxylic acids is 2. The largest absolute Gasteiger partial charge is 0.378 e. The first kappa shape index (κ1) is 20.0. The summed E-state index contributed by atoms with van der Waals surface area (Å²) in [6.45, 7) is 5.15. The van der Waals surface area contributed by atoms with Gasteiger partial charge in [-0.3, -0.25) is 9.59 Å². The monoisotopic (exact) mass is 386 g/mol. The summed E-state index contributed by atoms with van der Waals surface area (Å²) in [4.78, 5) is 31.2. The zero-order valence-corrected chi connectivity index (χ0v) is 16.5. The Kier molecular flexibility index (Phi) is 6.41. The van der Waals surface area contributed by atoms with Gasteiger partial charge in [0.15, 0.2) is 0 Å². The van der Waals surface area contributed by atoms with E-state index in [4.69, 9.17) is 9.26 Å². The number of pyridine rings is 1. The van der Waals surface area contributed by atoms with Crippen LogP contribution in [-0.4, -0.2) is 46.6 Å². The predicted octanol–water partition coefficient (Wildman–Crippen LogP) is 2.14. The van der Waals surface area contributed by atoms with Crippen LogP contribution in [0.2, 0.25) is 0 Å². The number of carbonyl (C=O) groups is 2. The van der Waals surface area contributed by atoms with Crippen LogP contribution in [0.4, 0.5) is 0 Å². The molecule has 0 spiro atoms. The molecule has 1 aliphatic rings. The van der Waals surface area contributed by atoms with Crippen LogP contribution in [0.3, 0.4) is 0 Å². The Balaban J connectivity index is 1.60. The topological polar surface area (TPSA) is 97.6 Å². The van der Waals surface area contributed by atoms with Crippen LogP contribution in [0.1, 0.15) is 52.5 Å². The molecule has 8 heteroatoms. The van der Waals surface area contributed by atoms with Gasteiger partial charge in [0.25, 0.3) is 5.91 Å². The zero-order chi connectivity index (χ0) is 20.1. The second kappa shape index (κ2) is 8.97. The molecule has 1 fully saturated rings. The highest BCUT2D eigenvalue weighted by molar-refractivity contribution is 5.92. The van der Waals surface area contributed by atoms with E-state index < -0.39 is 0 Å². The molecule has 1 atom stereocenters. The van der Waals surface area contributed by atoms with Crippen LogP contribution < -0.4 is 5.32 Å². The molecule has 2 aromatic rings. The maximum atomic E-state index is 12.6. The van der Waals surface area contributed by atoms with Gasteiger partial charge in [-0.05, 0) is 38.8 Å². The Bertz CT molecular complexity index is 829. The fraction of sp³-hybridized carbons (Fsp3) is 0.500. The van der Waals surface area contributed by atoms with E-state index in [1.165, 1.54) is 0 Å². The van der Waals surface area contributed by atoms with Crippen molar-refractivity contribution in [3.05, 3.63) is 46.6 Å². The van der Waals surface area contributed by atoms with Crippen molar-refractivity contribution in [2.75, 3.05) is 13.7 Å². The van der Waals surface area contributed by atoms with Crippen LogP contribution in [0.15, 0.2) is 22.7 Å². The Morgan fingerprint density at radius 1 is 1.36 bits per heavy atom. The van der Waals surface area contributed by atoms with E-state index in [0.29, 0.717) is 50.3 Å². The molecule has 3 heterocycles. The molecule has 3 rings (SSSR count). The SMILES string of the molecule is COCc1cccc(C(=O)NC2CCC(=O)N(Cc3c(C)noc3C)CC2)n1. The summed E-state index contributed by atoms with van der Waals surface area (Å²) in [7, 11) is 1.59. The quantitative estimate of drug-likeness (QED) is 0.817. The molecule has 28 heavy (non-hydrogen) atoms. The van der Waals surface area contributed by atoms with Crippen molar-refractivity contribution < 1.29 is 18.8 Å². The third-order valence-electron chi connectivity index (χ3n) is 5.00. The average Bonchev–Trinajstić information content (AvgIpc) is 2.89. The number of nitrogens with zero attached hydrogens (tertiary/aromatic N) is 3. The highest BCUT2D eigenvalue weighted by atomic mass is 16.5. The van der Waals surface area contributed by atoms with Crippen molar-refractivity contribution in [3.63, 3.8) is 0 Å². The second-order valence-electron chi connectivity index (χ2n) is 7.06. The summed E-state index contributed by atoms with van der Waals surface area (Å²) in [6, 6.07) is 5.22. The number of likely N-dealkylation sites (tertiary alicyclic amines) is 1. The van der Waals surface area contributed by atoms with Crippen LogP contribution in [-0.2, 0) is 22.7 Å². The van der Waals surface area contributed by atoms with E-state index in [9.17, 15) is 9.59 Å². The summed E-state index contributed by atoms with van der Waals surface area (Å²) in [6.07, 6.45) is 1.70. The lowest BCUT2D eigenvalue weighted by Gasteiger charge is -2.21. The number of amides is 2. The molecule has 1 saturated heterocycles. The number of methoxy groups -OCH3 is 1. The Labute approximate surface area is 164 Å². The minimum Gasteiger partial charge on any atom is -0.378 e. The molecule has 0 bridgehead atoms. The molecule has 0 saturated carbocycles. The van der Waals surface area contributed by atoms with Crippen LogP contribution in [0.5, 0.6) is 0 Å². The smallest absolute Gasteiger partial charge is 0.270 e. The summed E-state index contributed by atoms with van der Waals surface area (Å²) in [5, 5.41) is 6.97. The van der Waals surface area contributed by atoms with Gasteiger partial charge < -0.3 is 19.5 Å². The van der Waals surface area contributed by atoms with Gasteiger partial charge in [0.05, 0.1) is 24.5 Å². The molecule has 2 amide bonds. The Morgan fingerprint density at radius 2 is 2.18 bits per heavy atom. The van der Waals surface area contributed by atoms with E-state index in [1.54, 1.807) is 19.2 Å². The lowest BCUT2D eigenvalue weighted by Crippen LogP contribution is -2.36. The maximum Gasteiger partial charge on any atom is 0.270 e. The molecule has 1 unspecified atom stereocenters. The van der Waals surface area contributed by atoms with E-state index in [0.717, 1.165) is 17.0 Å². The highest BCUT2D eigenvalue weighted by Crippen LogP contribution is 2.19. The lowest BCUT2D eigenvalue weighted by molar-refractivity contribution is -0.131. The van der Waals surface area contributed by atoms with Gasteiger partial charge >= 0.3 is 0 Å². The van der Waals surface area contributed by atoms with Crippen LogP contribution >= 0.6 is 0 Å². The molecule has 8 nitrogen and oxygen atoms in total. The van der Waals surface area contributed by atoms with Crippen LogP contribution in [0, 0.1) is 13.8 Å². The molecule has 150 valence electrons. The molecule has 0 aliphatic carbocycles. The predicted molar refractivity (Wildman–Crippen MR) is 101 cm³/mol. The number of aryl methyl sites for hydroxylation is 2. The van der Waals surface area contributed by atoms with Gasteiger partial charge in [-0.1, -0.05) is 11.2 Å². The third-order valence-corrected chi connectivity index (χ3v) is 5.00.